The lowest BCUT2D eigenvalue weighted by molar-refractivity contribution is -0.396. The van der Waals surface area contributed by atoms with E-state index in [2.05, 4.69) is 4.74 Å². The number of rotatable bonds is 7. The standard InChI is InChI=1S/C20H26F4O11S/c21-19(20(22,23)24,36(29,30)31)15(28)32-6-14(27)35-17-3-11-1-12(4-17)18(13(2-11)5-17)33-9-16(7-25,8-26)10-34-18/h11-13,25-26H,1-10H2,(H,29,30,31). The van der Waals surface area contributed by atoms with Gasteiger partial charge in [0.1, 0.15) is 5.60 Å². The van der Waals surface area contributed by atoms with Crippen molar-refractivity contribution in [3.8, 4) is 0 Å². The number of carbonyl (C=O) groups is 2. The van der Waals surface area contributed by atoms with Gasteiger partial charge >= 0.3 is 33.2 Å². The van der Waals surface area contributed by atoms with E-state index >= 15 is 0 Å². The van der Waals surface area contributed by atoms with Gasteiger partial charge in [0.15, 0.2) is 12.4 Å². The maximum atomic E-state index is 14.0. The molecule has 0 aromatic heterocycles. The first-order valence-corrected chi connectivity index (χ1v) is 12.6. The van der Waals surface area contributed by atoms with Gasteiger partial charge in [-0.25, -0.2) is 14.0 Å². The molecule has 1 saturated heterocycles. The Labute approximate surface area is 202 Å². The Kier molecular flexibility index (Phi) is 6.65. The number of aliphatic hydroxyl groups is 2. The van der Waals surface area contributed by atoms with Gasteiger partial charge in [-0.2, -0.15) is 21.6 Å². The molecule has 4 bridgehead atoms. The van der Waals surface area contributed by atoms with Gasteiger partial charge in [0.05, 0.1) is 31.8 Å². The van der Waals surface area contributed by atoms with Crippen molar-refractivity contribution < 1.29 is 69.3 Å². The number of hydrogen-bond donors (Lipinski definition) is 3. The van der Waals surface area contributed by atoms with Crippen LogP contribution in [0.3, 0.4) is 0 Å². The molecule has 206 valence electrons. The van der Waals surface area contributed by atoms with Crippen molar-refractivity contribution in [2.75, 3.05) is 33.0 Å². The van der Waals surface area contributed by atoms with Crippen molar-refractivity contribution in [2.24, 2.45) is 23.2 Å². The van der Waals surface area contributed by atoms with E-state index in [-0.39, 0.29) is 57.0 Å². The molecule has 1 spiro atoms. The van der Waals surface area contributed by atoms with E-state index in [1.54, 1.807) is 0 Å². The van der Waals surface area contributed by atoms with Crippen LogP contribution < -0.4 is 0 Å². The molecular weight excluding hydrogens is 524 g/mol. The van der Waals surface area contributed by atoms with E-state index in [9.17, 15) is 45.8 Å². The molecule has 5 aliphatic rings. The molecule has 0 amide bonds. The minimum atomic E-state index is -6.62. The third-order valence-electron chi connectivity index (χ3n) is 7.78. The van der Waals surface area contributed by atoms with Gasteiger partial charge in [-0.1, -0.05) is 0 Å². The summed E-state index contributed by atoms with van der Waals surface area (Å²) in [4.78, 5) is 24.0. The minimum absolute atomic E-state index is 0.0539. The smallest absolute Gasteiger partial charge is 0.451 e. The average molecular weight is 550 g/mol. The Morgan fingerprint density at radius 1 is 0.972 bits per heavy atom. The highest BCUT2D eigenvalue weighted by atomic mass is 32.2. The van der Waals surface area contributed by atoms with Crippen LogP contribution in [0.4, 0.5) is 17.6 Å². The zero-order valence-electron chi connectivity index (χ0n) is 18.8. The van der Waals surface area contributed by atoms with Crippen LogP contribution in [0.15, 0.2) is 0 Å². The van der Waals surface area contributed by atoms with E-state index < -0.39 is 56.6 Å². The lowest BCUT2D eigenvalue weighted by Gasteiger charge is -2.65. The molecule has 3 unspecified atom stereocenters. The third kappa shape index (κ3) is 4.18. The zero-order chi connectivity index (χ0) is 26.8. The van der Waals surface area contributed by atoms with E-state index in [1.165, 1.54) is 0 Å². The van der Waals surface area contributed by atoms with Crippen LogP contribution in [-0.4, -0.2) is 90.7 Å². The summed E-state index contributed by atoms with van der Waals surface area (Å²) in [6.45, 7) is -2.09. The molecule has 0 aromatic carbocycles. The van der Waals surface area contributed by atoms with Crippen LogP contribution in [0.1, 0.15) is 32.1 Å². The van der Waals surface area contributed by atoms with Gasteiger partial charge in [0, 0.05) is 11.8 Å². The molecule has 4 saturated carbocycles. The van der Waals surface area contributed by atoms with Crippen LogP contribution in [-0.2, 0) is 38.7 Å². The largest absolute Gasteiger partial charge is 0.457 e. The van der Waals surface area contributed by atoms with Gasteiger partial charge < -0.3 is 29.2 Å². The van der Waals surface area contributed by atoms with Gasteiger partial charge in [0.25, 0.3) is 0 Å². The maximum absolute atomic E-state index is 14.0. The van der Waals surface area contributed by atoms with Crippen molar-refractivity contribution in [3.63, 3.8) is 0 Å². The third-order valence-corrected chi connectivity index (χ3v) is 8.89. The Morgan fingerprint density at radius 3 is 1.94 bits per heavy atom. The lowest BCUT2D eigenvalue weighted by Crippen LogP contribution is -2.69. The van der Waals surface area contributed by atoms with Crippen LogP contribution in [0.2, 0.25) is 0 Å². The summed E-state index contributed by atoms with van der Waals surface area (Å²) < 4.78 is 105. The second-order valence-electron chi connectivity index (χ2n) is 10.3. The highest BCUT2D eigenvalue weighted by Gasteiger charge is 2.73. The summed E-state index contributed by atoms with van der Waals surface area (Å²) in [5, 5.41) is 13.4. The molecule has 5 rings (SSSR count). The SMILES string of the molecule is O=C(COC(=O)C(F)(C(F)(F)F)S(=O)(=O)O)OC12CC3CC(C1)C1(OCC(CO)(CO)CO1)C(C3)C2. The second kappa shape index (κ2) is 8.73. The van der Waals surface area contributed by atoms with Crippen molar-refractivity contribution in [2.45, 2.75) is 54.7 Å². The molecule has 5 fully saturated rings. The summed E-state index contributed by atoms with van der Waals surface area (Å²) in [6.07, 6.45) is -4.06. The number of carbonyl (C=O) groups excluding carboxylic acids is 2. The van der Waals surface area contributed by atoms with Gasteiger partial charge in [0.2, 0.25) is 0 Å². The summed E-state index contributed by atoms with van der Waals surface area (Å²) in [5.74, 6) is -5.71. The molecule has 16 heteroatoms. The molecule has 0 aromatic rings. The first-order chi connectivity index (χ1) is 16.6. The van der Waals surface area contributed by atoms with Crippen LogP contribution in [0.25, 0.3) is 0 Å². The number of hydrogen-bond acceptors (Lipinski definition) is 10. The van der Waals surface area contributed by atoms with Crippen molar-refractivity contribution in [1.29, 1.82) is 0 Å². The van der Waals surface area contributed by atoms with Gasteiger partial charge in [-0.3, -0.25) is 4.55 Å². The average Bonchev–Trinajstić information content (AvgIpc) is 2.78. The molecule has 1 aliphatic heterocycles. The Bertz CT molecular complexity index is 984. The van der Waals surface area contributed by atoms with E-state index in [0.29, 0.717) is 19.3 Å². The molecule has 4 aliphatic carbocycles. The summed E-state index contributed by atoms with van der Waals surface area (Å²) >= 11 is 0. The molecular formula is C20H26F4O11S. The summed E-state index contributed by atoms with van der Waals surface area (Å²) in [6, 6.07) is 0. The number of esters is 2. The van der Waals surface area contributed by atoms with E-state index in [4.69, 9.17) is 18.8 Å². The lowest BCUT2D eigenvalue weighted by atomic mass is 9.51. The van der Waals surface area contributed by atoms with Gasteiger partial charge in [-0.15, -0.1) is 0 Å². The quantitative estimate of drug-likeness (QED) is 0.229. The van der Waals surface area contributed by atoms with E-state index in [1.807, 2.05) is 0 Å². The minimum Gasteiger partial charge on any atom is -0.457 e. The predicted octanol–water partition coefficient (Wildman–Crippen LogP) is 0.481. The Hall–Kier alpha value is -1.59. The highest BCUT2D eigenvalue weighted by molar-refractivity contribution is 7.88. The van der Waals surface area contributed by atoms with Crippen LogP contribution in [0, 0.1) is 23.2 Å². The fourth-order valence-corrected chi connectivity index (χ4v) is 6.72. The van der Waals surface area contributed by atoms with Crippen LogP contribution in [0.5, 0.6) is 0 Å². The Morgan fingerprint density at radius 2 is 1.50 bits per heavy atom. The zero-order valence-corrected chi connectivity index (χ0v) is 19.6. The number of ether oxygens (including phenoxy) is 4. The molecule has 3 N–H and O–H groups in total. The number of halogens is 4. The van der Waals surface area contributed by atoms with Crippen molar-refractivity contribution in [3.05, 3.63) is 0 Å². The van der Waals surface area contributed by atoms with Crippen LogP contribution >= 0.6 is 0 Å². The van der Waals surface area contributed by atoms with Gasteiger partial charge in [-0.05, 0) is 38.0 Å². The van der Waals surface area contributed by atoms with Crippen molar-refractivity contribution >= 4 is 22.1 Å². The topological polar surface area (TPSA) is 166 Å². The summed E-state index contributed by atoms with van der Waals surface area (Å²) in [7, 11) is -6.62. The maximum Gasteiger partial charge on any atom is 0.451 e. The Balaban J connectivity index is 1.42. The number of alkyl halides is 4. The number of aliphatic hydroxyl groups excluding tert-OH is 2. The van der Waals surface area contributed by atoms with E-state index in [0.717, 1.165) is 0 Å². The predicted molar refractivity (Wildman–Crippen MR) is 106 cm³/mol. The second-order valence-corrected chi connectivity index (χ2v) is 11.8. The summed E-state index contributed by atoms with van der Waals surface area (Å²) in [5.41, 5.74) is -2.02. The molecule has 0 radical (unpaired) electrons. The molecule has 36 heavy (non-hydrogen) atoms. The highest BCUT2D eigenvalue weighted by Crippen LogP contribution is 2.63. The van der Waals surface area contributed by atoms with Crippen molar-refractivity contribution in [1.82, 2.24) is 0 Å². The molecule has 3 atom stereocenters. The molecule has 11 nitrogen and oxygen atoms in total. The molecule has 1 heterocycles. The fraction of sp³-hybridized carbons (Fsp3) is 0.900. The monoisotopic (exact) mass is 550 g/mol. The normalized spacial score (nSPS) is 34.2. The first-order valence-electron chi connectivity index (χ1n) is 11.2. The fourth-order valence-electron chi connectivity index (χ4n) is 6.15. The first kappa shape index (κ1) is 27.4.